The number of nitrogens with one attached hydrogen (secondary N) is 1. The van der Waals surface area contributed by atoms with Gasteiger partial charge >= 0.3 is 0 Å². The summed E-state index contributed by atoms with van der Waals surface area (Å²) in [6.45, 7) is 3.36. The minimum absolute atomic E-state index is 1.08. The van der Waals surface area contributed by atoms with Gasteiger partial charge < -0.3 is 5.32 Å². The van der Waals surface area contributed by atoms with Crippen LogP contribution in [0.5, 0.6) is 0 Å². The lowest BCUT2D eigenvalue weighted by atomic mass is 10.1. The second kappa shape index (κ2) is 11.1. The molecule has 1 heterocycles. The first-order valence-electron chi connectivity index (χ1n) is 7.57. The van der Waals surface area contributed by atoms with Crippen LogP contribution in [-0.2, 0) is 0 Å². The molecular weight excluding hydrogens is 220 g/mol. The van der Waals surface area contributed by atoms with Crippen molar-refractivity contribution in [3.05, 3.63) is 24.5 Å². The second-order valence-electron chi connectivity index (χ2n) is 4.99. The molecule has 0 unspecified atom stereocenters. The zero-order valence-electron chi connectivity index (χ0n) is 11.8. The topological polar surface area (TPSA) is 24.9 Å². The molecule has 0 radical (unpaired) electrons. The molecule has 0 atom stereocenters. The van der Waals surface area contributed by atoms with Gasteiger partial charge in [-0.1, -0.05) is 58.3 Å². The minimum Gasteiger partial charge on any atom is -0.385 e. The molecule has 0 aliphatic rings. The number of nitrogens with zero attached hydrogens (tertiary/aromatic N) is 1. The molecule has 102 valence electrons. The Labute approximate surface area is 112 Å². The molecule has 1 aromatic heterocycles. The lowest BCUT2D eigenvalue weighted by Crippen LogP contribution is -2.01. The molecule has 0 saturated heterocycles. The average Bonchev–Trinajstić information content (AvgIpc) is 2.42. The minimum atomic E-state index is 1.08. The van der Waals surface area contributed by atoms with E-state index >= 15 is 0 Å². The fraction of sp³-hybridized carbons (Fsp3) is 0.688. The van der Waals surface area contributed by atoms with E-state index in [9.17, 15) is 0 Å². The van der Waals surface area contributed by atoms with Gasteiger partial charge in [-0.15, -0.1) is 0 Å². The normalized spacial score (nSPS) is 10.5. The molecule has 1 N–H and O–H groups in total. The Kier molecular flexibility index (Phi) is 9.23. The molecule has 2 heteroatoms. The number of rotatable bonds is 11. The molecule has 0 aromatic carbocycles. The Bertz CT molecular complexity index is 272. The first kappa shape index (κ1) is 15.0. The molecule has 2 nitrogen and oxygen atoms in total. The number of hydrogen-bond acceptors (Lipinski definition) is 2. The summed E-state index contributed by atoms with van der Waals surface area (Å²) in [5, 5.41) is 3.42. The maximum atomic E-state index is 4.00. The molecule has 0 fully saturated rings. The van der Waals surface area contributed by atoms with E-state index in [4.69, 9.17) is 0 Å². The summed E-state index contributed by atoms with van der Waals surface area (Å²) in [5.74, 6) is 0. The predicted octanol–water partition coefficient (Wildman–Crippen LogP) is 5.02. The third-order valence-electron chi connectivity index (χ3n) is 3.29. The summed E-state index contributed by atoms with van der Waals surface area (Å²) in [7, 11) is 0. The number of hydrogen-bond donors (Lipinski definition) is 1. The summed E-state index contributed by atoms with van der Waals surface area (Å²) in [5.41, 5.74) is 1.18. The van der Waals surface area contributed by atoms with Gasteiger partial charge in [0.15, 0.2) is 0 Å². The van der Waals surface area contributed by atoms with Gasteiger partial charge in [-0.25, -0.2) is 0 Å². The van der Waals surface area contributed by atoms with Crippen LogP contribution >= 0.6 is 0 Å². The van der Waals surface area contributed by atoms with Crippen LogP contribution in [0.4, 0.5) is 5.69 Å². The van der Waals surface area contributed by atoms with Gasteiger partial charge in [0.05, 0.1) is 0 Å². The second-order valence-corrected chi connectivity index (χ2v) is 4.99. The number of unbranched alkanes of at least 4 members (excludes halogenated alkanes) is 8. The third kappa shape index (κ3) is 8.10. The summed E-state index contributed by atoms with van der Waals surface area (Å²) in [4.78, 5) is 4.00. The van der Waals surface area contributed by atoms with Gasteiger partial charge in [-0.3, -0.25) is 4.98 Å². The maximum absolute atomic E-state index is 4.00. The van der Waals surface area contributed by atoms with Gasteiger partial charge in [0.2, 0.25) is 0 Å². The van der Waals surface area contributed by atoms with E-state index in [2.05, 4.69) is 17.2 Å². The van der Waals surface area contributed by atoms with Crippen molar-refractivity contribution in [1.29, 1.82) is 0 Å². The Balaban J connectivity index is 1.82. The predicted molar refractivity (Wildman–Crippen MR) is 80.0 cm³/mol. The van der Waals surface area contributed by atoms with Crippen LogP contribution in [0.2, 0.25) is 0 Å². The van der Waals surface area contributed by atoms with Gasteiger partial charge in [0, 0.05) is 24.6 Å². The Morgan fingerprint density at radius 1 is 0.833 bits per heavy atom. The molecule has 0 aliphatic carbocycles. The van der Waals surface area contributed by atoms with Crippen LogP contribution in [0.15, 0.2) is 24.5 Å². The van der Waals surface area contributed by atoms with E-state index in [0.717, 1.165) is 6.54 Å². The highest BCUT2D eigenvalue weighted by Gasteiger charge is 1.93. The first-order chi connectivity index (χ1) is 8.93. The van der Waals surface area contributed by atoms with Crippen LogP contribution in [0.25, 0.3) is 0 Å². The van der Waals surface area contributed by atoms with Crippen molar-refractivity contribution in [3.8, 4) is 0 Å². The SMILES string of the molecule is CCCCCCCCCCCNc1ccncc1. The molecule has 0 saturated carbocycles. The van der Waals surface area contributed by atoms with E-state index in [1.165, 1.54) is 63.5 Å². The van der Waals surface area contributed by atoms with E-state index in [-0.39, 0.29) is 0 Å². The molecule has 0 spiro atoms. The molecular formula is C16H28N2. The lowest BCUT2D eigenvalue weighted by molar-refractivity contribution is 0.569. The molecule has 1 aromatic rings. The third-order valence-corrected chi connectivity index (χ3v) is 3.29. The highest BCUT2D eigenvalue weighted by molar-refractivity contribution is 5.40. The molecule has 1 rings (SSSR count). The van der Waals surface area contributed by atoms with Crippen molar-refractivity contribution in [2.45, 2.75) is 64.7 Å². The van der Waals surface area contributed by atoms with Gasteiger partial charge in [-0.05, 0) is 18.6 Å². The summed E-state index contributed by atoms with van der Waals surface area (Å²) in [6, 6.07) is 4.04. The first-order valence-corrected chi connectivity index (χ1v) is 7.57. The average molecular weight is 248 g/mol. The molecule has 0 aliphatic heterocycles. The maximum Gasteiger partial charge on any atom is 0.0371 e. The van der Waals surface area contributed by atoms with Crippen LogP contribution in [0, 0.1) is 0 Å². The van der Waals surface area contributed by atoms with Crippen LogP contribution < -0.4 is 5.32 Å². The Morgan fingerprint density at radius 3 is 2.00 bits per heavy atom. The largest absolute Gasteiger partial charge is 0.385 e. The van der Waals surface area contributed by atoms with Gasteiger partial charge in [-0.2, -0.15) is 0 Å². The smallest absolute Gasteiger partial charge is 0.0371 e. The van der Waals surface area contributed by atoms with E-state index in [0.29, 0.717) is 0 Å². The molecule has 18 heavy (non-hydrogen) atoms. The Morgan fingerprint density at radius 2 is 1.39 bits per heavy atom. The fourth-order valence-electron chi connectivity index (χ4n) is 2.14. The zero-order valence-corrected chi connectivity index (χ0v) is 11.8. The monoisotopic (exact) mass is 248 g/mol. The van der Waals surface area contributed by atoms with Crippen molar-refractivity contribution in [2.24, 2.45) is 0 Å². The molecule has 0 bridgehead atoms. The quantitative estimate of drug-likeness (QED) is 0.556. The van der Waals surface area contributed by atoms with Crippen LogP contribution in [-0.4, -0.2) is 11.5 Å². The van der Waals surface area contributed by atoms with Crippen molar-refractivity contribution in [1.82, 2.24) is 4.98 Å². The standard InChI is InChI=1S/C16H28N2/c1-2-3-4-5-6-7-8-9-10-13-18-16-11-14-17-15-12-16/h11-12,14-15H,2-10,13H2,1H3,(H,17,18). The van der Waals surface area contributed by atoms with E-state index in [1.54, 1.807) is 0 Å². The number of anilines is 1. The van der Waals surface area contributed by atoms with Crippen molar-refractivity contribution in [2.75, 3.05) is 11.9 Å². The molecule has 0 amide bonds. The fourth-order valence-corrected chi connectivity index (χ4v) is 2.14. The van der Waals surface area contributed by atoms with E-state index < -0.39 is 0 Å². The van der Waals surface area contributed by atoms with Crippen molar-refractivity contribution >= 4 is 5.69 Å². The van der Waals surface area contributed by atoms with Crippen LogP contribution in [0.1, 0.15) is 64.7 Å². The van der Waals surface area contributed by atoms with E-state index in [1.807, 2.05) is 24.5 Å². The van der Waals surface area contributed by atoms with Crippen LogP contribution in [0.3, 0.4) is 0 Å². The lowest BCUT2D eigenvalue weighted by Gasteiger charge is -2.05. The highest BCUT2D eigenvalue weighted by Crippen LogP contribution is 2.10. The number of pyridine rings is 1. The summed E-state index contributed by atoms with van der Waals surface area (Å²) >= 11 is 0. The summed E-state index contributed by atoms with van der Waals surface area (Å²) < 4.78 is 0. The van der Waals surface area contributed by atoms with Crippen molar-refractivity contribution in [3.63, 3.8) is 0 Å². The number of aromatic nitrogens is 1. The summed E-state index contributed by atoms with van der Waals surface area (Å²) in [6.07, 6.45) is 16.2. The van der Waals surface area contributed by atoms with Crippen molar-refractivity contribution < 1.29 is 0 Å². The Hall–Kier alpha value is -1.05. The van der Waals surface area contributed by atoms with Gasteiger partial charge in [0.25, 0.3) is 0 Å². The van der Waals surface area contributed by atoms with Gasteiger partial charge in [0.1, 0.15) is 0 Å². The highest BCUT2D eigenvalue weighted by atomic mass is 14.9. The zero-order chi connectivity index (χ0) is 12.9.